The summed E-state index contributed by atoms with van der Waals surface area (Å²) >= 11 is 0. The van der Waals surface area contributed by atoms with Crippen molar-refractivity contribution in [2.75, 3.05) is 32.3 Å². The summed E-state index contributed by atoms with van der Waals surface area (Å²) in [6, 6.07) is 18.1. The van der Waals surface area contributed by atoms with E-state index < -0.39 is 94.1 Å². The minimum absolute atomic E-state index is 0.0361. The zero-order valence-electron chi connectivity index (χ0n) is 45.7. The van der Waals surface area contributed by atoms with Crippen LogP contribution in [0, 0.1) is 56.3 Å². The minimum Gasteiger partial charge on any atom is -0.372 e. The summed E-state index contributed by atoms with van der Waals surface area (Å²) in [6.45, 7) is 17.9. The third-order valence-corrected chi connectivity index (χ3v) is 18.5. The third-order valence-electron chi connectivity index (χ3n) is 13.9. The molecule has 3 aromatic carbocycles. The van der Waals surface area contributed by atoms with Crippen molar-refractivity contribution < 1.29 is 73.0 Å². The Balaban J connectivity index is 0.000000256. The summed E-state index contributed by atoms with van der Waals surface area (Å²) in [5, 5.41) is 11.2. The molecule has 3 heterocycles. The largest absolute Gasteiger partial charge is 0.449 e. The molecule has 3 aliphatic heterocycles. The van der Waals surface area contributed by atoms with Gasteiger partial charge < -0.3 is 26.8 Å². The molecule has 0 spiro atoms. The number of rotatable bonds is 20. The van der Waals surface area contributed by atoms with Gasteiger partial charge in [0.25, 0.3) is 0 Å². The summed E-state index contributed by atoms with van der Waals surface area (Å²) in [6.07, 6.45) is 0.846. The zero-order chi connectivity index (χ0) is 59.0. The van der Waals surface area contributed by atoms with Gasteiger partial charge in [-0.2, -0.15) is 25.3 Å². The second-order valence-electron chi connectivity index (χ2n) is 19.5. The van der Waals surface area contributed by atoms with Gasteiger partial charge in [0.15, 0.2) is 0 Å². The van der Waals surface area contributed by atoms with E-state index in [-0.39, 0.29) is 84.7 Å². The normalized spacial score (nSPS) is 29.6. The molecule has 3 aromatic rings. The van der Waals surface area contributed by atoms with Crippen LogP contribution in [0.3, 0.4) is 0 Å². The molecule has 3 fully saturated rings. The van der Waals surface area contributed by atoms with E-state index >= 15 is 0 Å². The Hall–Kier alpha value is -5.10. The third kappa shape index (κ3) is 20.1. The molecular formula is C48H69N9O17S5. The van der Waals surface area contributed by atoms with Crippen LogP contribution in [0.2, 0.25) is 0 Å². The van der Waals surface area contributed by atoms with Crippen molar-refractivity contribution >= 4 is 52.8 Å². The van der Waals surface area contributed by atoms with E-state index in [1.54, 1.807) is 55.5 Å². The maximum absolute atomic E-state index is 12.1. The Morgan fingerprint density at radius 3 is 0.962 bits per heavy atom. The molecule has 26 nitrogen and oxygen atoms in total. The van der Waals surface area contributed by atoms with Gasteiger partial charge in [-0.1, -0.05) is 110 Å². The van der Waals surface area contributed by atoms with Gasteiger partial charge >= 0.3 is 31.2 Å². The van der Waals surface area contributed by atoms with Gasteiger partial charge in [-0.15, -0.1) is 0 Å². The van der Waals surface area contributed by atoms with Crippen molar-refractivity contribution in [1.29, 1.82) is 0 Å². The van der Waals surface area contributed by atoms with Crippen LogP contribution >= 0.6 is 0 Å². The second kappa shape index (κ2) is 30.1. The quantitative estimate of drug-likeness (QED) is 0.0579. The van der Waals surface area contributed by atoms with Crippen LogP contribution in [-0.2, 0) is 79.6 Å². The summed E-state index contributed by atoms with van der Waals surface area (Å²) in [4.78, 5) is 8.46. The summed E-state index contributed by atoms with van der Waals surface area (Å²) in [7, 11) is -15.6. The van der Waals surface area contributed by atoms with Gasteiger partial charge in [0, 0.05) is 48.8 Å². The molecule has 3 aliphatic rings. The molecule has 6 rings (SSSR count). The monoisotopic (exact) mass is 1200 g/mol. The predicted molar refractivity (Wildman–Crippen MR) is 294 cm³/mol. The first-order chi connectivity index (χ1) is 37.0. The smallest absolute Gasteiger partial charge is 0.372 e. The number of hydrogen-bond acceptors (Lipinski definition) is 20. The number of ether oxygens (including phenoxy) is 3. The highest BCUT2D eigenvalue weighted by atomic mass is 32.3. The SMILES string of the molecule is Cc1ccc(OS(=O)(=O)OCC2O[C@@H](C)C(N=[N+]=[N-])[C@@H](C)[C@@H]2C)cc1.Cc1ccc(OS(=O)(=O)OCC2O[C@@H](S(C)=O)C(N=[N+]=[N-])[C@@H](C)[C@@H]2C)cc1.Cc1ccc(OS(=O)(=O)OCC2O[C@@H](S(C)=O)C(N=[N+]=[N-])[C@@H](C)[C@@H]2C)cc1. The van der Waals surface area contributed by atoms with Crippen LogP contribution in [0.25, 0.3) is 31.3 Å². The van der Waals surface area contributed by atoms with Crippen molar-refractivity contribution in [2.45, 2.75) is 123 Å². The Labute approximate surface area is 467 Å². The van der Waals surface area contributed by atoms with E-state index in [2.05, 4.69) is 30.1 Å². The molecule has 31 heteroatoms. The number of benzene rings is 3. The first kappa shape index (κ1) is 66.4. The molecule has 17 atom stereocenters. The first-order valence-corrected chi connectivity index (χ1v) is 32.0. The fourth-order valence-corrected chi connectivity index (χ4v) is 12.7. The molecule has 3 saturated heterocycles. The average Bonchev–Trinajstić information content (AvgIpc) is 3.41. The van der Waals surface area contributed by atoms with Gasteiger partial charge in [-0.3, -0.25) is 8.42 Å². The summed E-state index contributed by atoms with van der Waals surface area (Å²) in [5.74, 6) is -0.241. The molecule has 0 radical (unpaired) electrons. The Bertz CT molecular complexity index is 2880. The van der Waals surface area contributed by atoms with E-state index in [1.807, 2.05) is 62.3 Å². The molecule has 0 amide bonds. The van der Waals surface area contributed by atoms with E-state index in [4.69, 9.17) is 55.9 Å². The lowest BCUT2D eigenvalue weighted by atomic mass is 9.81. The Kier molecular flexibility index (Phi) is 25.3. The maximum Gasteiger partial charge on any atom is 0.449 e. The predicted octanol–water partition coefficient (Wildman–Crippen LogP) is 8.75. The molecule has 0 aliphatic carbocycles. The molecule has 0 N–H and O–H groups in total. The van der Waals surface area contributed by atoms with E-state index in [1.165, 1.54) is 36.8 Å². The number of nitrogens with zero attached hydrogens (tertiary/aromatic N) is 9. The molecule has 0 saturated carbocycles. The number of hydrogen-bond donors (Lipinski definition) is 0. The fraction of sp³-hybridized carbons (Fsp3) is 0.625. The highest BCUT2D eigenvalue weighted by Gasteiger charge is 2.45. The van der Waals surface area contributed by atoms with Gasteiger partial charge in [-0.25, -0.2) is 12.5 Å². The van der Waals surface area contributed by atoms with Gasteiger partial charge in [0.2, 0.25) is 0 Å². The Morgan fingerprint density at radius 2 is 0.696 bits per heavy atom. The highest BCUT2D eigenvalue weighted by Crippen LogP contribution is 2.37. The molecule has 79 heavy (non-hydrogen) atoms. The lowest BCUT2D eigenvalue weighted by Crippen LogP contribution is -2.51. The van der Waals surface area contributed by atoms with Crippen LogP contribution in [0.5, 0.6) is 17.2 Å². The topological polar surface area (TPSA) is 366 Å². The molecule has 8 unspecified atom stereocenters. The maximum atomic E-state index is 12.1. The summed E-state index contributed by atoms with van der Waals surface area (Å²) < 4.78 is 143. The van der Waals surface area contributed by atoms with Gasteiger partial charge in [-0.05, 0) is 116 Å². The van der Waals surface area contributed by atoms with Crippen LogP contribution < -0.4 is 12.5 Å². The first-order valence-electron chi connectivity index (χ1n) is 24.7. The van der Waals surface area contributed by atoms with Crippen molar-refractivity contribution in [3.05, 3.63) is 121 Å². The van der Waals surface area contributed by atoms with Crippen molar-refractivity contribution in [3.8, 4) is 17.2 Å². The minimum atomic E-state index is -4.29. The molecule has 0 aromatic heterocycles. The number of azide groups is 3. The lowest BCUT2D eigenvalue weighted by Gasteiger charge is -2.41. The van der Waals surface area contributed by atoms with Crippen LogP contribution in [0.15, 0.2) is 88.1 Å². The van der Waals surface area contributed by atoms with Crippen LogP contribution in [0.4, 0.5) is 0 Å². The molecule has 438 valence electrons. The van der Waals surface area contributed by atoms with E-state index in [0.29, 0.717) is 0 Å². The fourth-order valence-electron chi connectivity index (χ4n) is 8.58. The highest BCUT2D eigenvalue weighted by molar-refractivity contribution is 7.85. The second-order valence-corrected chi connectivity index (χ2v) is 26.1. The van der Waals surface area contributed by atoms with Gasteiger partial charge in [0.1, 0.15) is 28.1 Å². The average molecular weight is 1200 g/mol. The molecule has 0 bridgehead atoms. The van der Waals surface area contributed by atoms with Crippen LogP contribution in [0.1, 0.15) is 65.2 Å². The Morgan fingerprint density at radius 1 is 0.443 bits per heavy atom. The van der Waals surface area contributed by atoms with Crippen LogP contribution in [-0.4, -0.2) is 119 Å². The van der Waals surface area contributed by atoms with Gasteiger partial charge in [0.05, 0.1) is 62.4 Å². The van der Waals surface area contributed by atoms with Crippen molar-refractivity contribution in [1.82, 2.24) is 0 Å². The van der Waals surface area contributed by atoms with Crippen molar-refractivity contribution in [3.63, 3.8) is 0 Å². The van der Waals surface area contributed by atoms with E-state index in [0.717, 1.165) is 16.7 Å². The van der Waals surface area contributed by atoms with Crippen molar-refractivity contribution in [2.24, 2.45) is 50.9 Å². The summed E-state index contributed by atoms with van der Waals surface area (Å²) in [5.41, 5.74) is 27.4. The van der Waals surface area contributed by atoms with E-state index in [9.17, 15) is 33.7 Å². The zero-order valence-corrected chi connectivity index (χ0v) is 49.8. The lowest BCUT2D eigenvalue weighted by molar-refractivity contribution is -0.118. The standard InChI is InChI=1S/2C16H23N3O6S2.C16H23N3O5S/c2*1-10-5-7-13(8-6-10)25-27(21,22)23-9-14-11(2)12(3)15(18-19-17)16(24-14)26(4)20;1-10-5-7-14(8-6-10)24-25(20,21)22-9-15-11(2)12(3)16(18-19-17)13(4)23-15/h2*5-8,11-12,14-16H,9H2,1-4H3;5-8,11-13,15-16H,9H2,1-4H3/t2*11-,12-,14?,15?,16-,26?;11-,12-,13-,15?,16?/m000/s1. The molecular weight excluding hydrogens is 1130 g/mol. The number of aryl methyl sites for hydroxylation is 3.